The van der Waals surface area contributed by atoms with Crippen LogP contribution < -0.4 is 5.32 Å². The summed E-state index contributed by atoms with van der Waals surface area (Å²) in [4.78, 5) is 11.6. The minimum absolute atomic E-state index is 0.0532. The number of hydrogen-bond acceptors (Lipinski definition) is 2. The summed E-state index contributed by atoms with van der Waals surface area (Å²) in [5, 5.41) is 2.71. The average molecular weight is 304 g/mol. The van der Waals surface area contributed by atoms with Crippen molar-refractivity contribution in [3.63, 3.8) is 0 Å². The van der Waals surface area contributed by atoms with Crippen LogP contribution in [0.4, 0.5) is 10.1 Å². The lowest BCUT2D eigenvalue weighted by molar-refractivity contribution is -0.116. The zero-order valence-electron chi connectivity index (χ0n) is 9.80. The van der Waals surface area contributed by atoms with Crippen LogP contribution in [0, 0.1) is 5.82 Å². The lowest BCUT2D eigenvalue weighted by Gasteiger charge is -2.10. The summed E-state index contributed by atoms with van der Waals surface area (Å²) in [5.74, 6) is -0.455. The molecular formula is C12H15BrFNO2. The van der Waals surface area contributed by atoms with Crippen molar-refractivity contribution in [2.75, 3.05) is 12.4 Å². The Balaban J connectivity index is 2.50. The monoisotopic (exact) mass is 303 g/mol. The lowest BCUT2D eigenvalue weighted by atomic mass is 10.2. The second-order valence-electron chi connectivity index (χ2n) is 3.76. The molecule has 0 fully saturated rings. The first kappa shape index (κ1) is 14.1. The standard InChI is InChI=1S/C12H15BrFNO2/c1-8(17-2)3-6-12(16)15-11-5-4-9(14)7-10(11)13/h4-5,7-8H,3,6H2,1-2H3,(H,15,16). The molecule has 0 aromatic heterocycles. The fourth-order valence-corrected chi connectivity index (χ4v) is 1.71. The molecule has 0 saturated carbocycles. The van der Waals surface area contributed by atoms with Crippen LogP contribution in [0.3, 0.4) is 0 Å². The molecule has 1 aromatic carbocycles. The number of carbonyl (C=O) groups excluding carboxylic acids is 1. The number of ether oxygens (including phenoxy) is 1. The van der Waals surface area contributed by atoms with E-state index in [0.29, 0.717) is 23.0 Å². The van der Waals surface area contributed by atoms with Crippen LogP contribution in [0.25, 0.3) is 0 Å². The first-order chi connectivity index (χ1) is 8.02. The summed E-state index contributed by atoms with van der Waals surface area (Å²) in [7, 11) is 1.61. The van der Waals surface area contributed by atoms with E-state index in [-0.39, 0.29) is 17.8 Å². The molecule has 1 N–H and O–H groups in total. The van der Waals surface area contributed by atoms with Gasteiger partial charge in [0.2, 0.25) is 5.91 Å². The van der Waals surface area contributed by atoms with Gasteiger partial charge in [0.1, 0.15) is 5.82 Å². The largest absolute Gasteiger partial charge is 0.382 e. The van der Waals surface area contributed by atoms with E-state index in [0.717, 1.165) is 0 Å². The highest BCUT2D eigenvalue weighted by Crippen LogP contribution is 2.23. The lowest BCUT2D eigenvalue weighted by Crippen LogP contribution is -2.15. The van der Waals surface area contributed by atoms with Crippen molar-refractivity contribution in [3.8, 4) is 0 Å². The summed E-state index contributed by atoms with van der Waals surface area (Å²) in [6.45, 7) is 1.90. The van der Waals surface area contributed by atoms with Gasteiger partial charge < -0.3 is 10.1 Å². The second kappa shape index (κ2) is 6.71. The number of benzene rings is 1. The van der Waals surface area contributed by atoms with E-state index >= 15 is 0 Å². The molecule has 1 rings (SSSR count). The zero-order chi connectivity index (χ0) is 12.8. The predicted molar refractivity (Wildman–Crippen MR) is 68.4 cm³/mol. The van der Waals surface area contributed by atoms with E-state index in [4.69, 9.17) is 4.74 Å². The van der Waals surface area contributed by atoms with Crippen molar-refractivity contribution in [2.45, 2.75) is 25.9 Å². The molecule has 5 heteroatoms. The van der Waals surface area contributed by atoms with E-state index in [1.165, 1.54) is 18.2 Å². The molecule has 1 aromatic rings. The molecule has 3 nitrogen and oxygen atoms in total. The van der Waals surface area contributed by atoms with Crippen LogP contribution in [-0.4, -0.2) is 19.1 Å². The predicted octanol–water partition coefficient (Wildman–Crippen LogP) is 3.34. The van der Waals surface area contributed by atoms with E-state index in [2.05, 4.69) is 21.2 Å². The molecule has 94 valence electrons. The highest BCUT2D eigenvalue weighted by molar-refractivity contribution is 9.10. The van der Waals surface area contributed by atoms with Gasteiger partial charge in [-0.05, 0) is 47.5 Å². The van der Waals surface area contributed by atoms with E-state index in [1.54, 1.807) is 7.11 Å². The molecule has 0 aliphatic carbocycles. The minimum Gasteiger partial charge on any atom is -0.382 e. The van der Waals surface area contributed by atoms with Gasteiger partial charge in [0.05, 0.1) is 11.8 Å². The van der Waals surface area contributed by atoms with Crippen LogP contribution in [0.1, 0.15) is 19.8 Å². The Morgan fingerprint density at radius 1 is 1.59 bits per heavy atom. The van der Waals surface area contributed by atoms with Crippen molar-refractivity contribution >= 4 is 27.5 Å². The van der Waals surface area contributed by atoms with Crippen LogP contribution in [-0.2, 0) is 9.53 Å². The van der Waals surface area contributed by atoms with Crippen LogP contribution in [0.15, 0.2) is 22.7 Å². The van der Waals surface area contributed by atoms with Gasteiger partial charge in [-0.2, -0.15) is 0 Å². The number of amides is 1. The average Bonchev–Trinajstić information content (AvgIpc) is 2.29. The topological polar surface area (TPSA) is 38.3 Å². The normalized spacial score (nSPS) is 12.2. The van der Waals surface area contributed by atoms with E-state index < -0.39 is 0 Å². The quantitative estimate of drug-likeness (QED) is 0.906. The number of nitrogens with one attached hydrogen (secondary N) is 1. The molecule has 0 aliphatic rings. The fraction of sp³-hybridized carbons (Fsp3) is 0.417. The third kappa shape index (κ3) is 4.83. The minimum atomic E-state index is -0.345. The Bertz CT molecular complexity index is 398. The van der Waals surface area contributed by atoms with Gasteiger partial charge in [-0.3, -0.25) is 4.79 Å². The summed E-state index contributed by atoms with van der Waals surface area (Å²) < 4.78 is 18.4. The summed E-state index contributed by atoms with van der Waals surface area (Å²) in [6, 6.07) is 4.14. The number of rotatable bonds is 5. The van der Waals surface area contributed by atoms with Gasteiger partial charge in [-0.25, -0.2) is 4.39 Å². The van der Waals surface area contributed by atoms with Gasteiger partial charge in [-0.1, -0.05) is 0 Å². The van der Waals surface area contributed by atoms with E-state index in [9.17, 15) is 9.18 Å². The first-order valence-corrected chi connectivity index (χ1v) is 6.10. The van der Waals surface area contributed by atoms with Crippen LogP contribution >= 0.6 is 15.9 Å². The zero-order valence-corrected chi connectivity index (χ0v) is 11.4. The number of anilines is 1. The summed E-state index contributed by atoms with van der Waals surface area (Å²) >= 11 is 3.19. The summed E-state index contributed by atoms with van der Waals surface area (Å²) in [5.41, 5.74) is 0.571. The molecular weight excluding hydrogens is 289 g/mol. The highest BCUT2D eigenvalue weighted by atomic mass is 79.9. The molecule has 17 heavy (non-hydrogen) atoms. The SMILES string of the molecule is COC(C)CCC(=O)Nc1ccc(F)cc1Br. The maximum atomic E-state index is 12.8. The Morgan fingerprint density at radius 2 is 2.29 bits per heavy atom. The highest BCUT2D eigenvalue weighted by Gasteiger charge is 2.08. The third-order valence-corrected chi connectivity index (χ3v) is 3.04. The Kier molecular flexibility index (Phi) is 5.58. The maximum Gasteiger partial charge on any atom is 0.224 e. The van der Waals surface area contributed by atoms with Crippen molar-refractivity contribution in [1.82, 2.24) is 0 Å². The van der Waals surface area contributed by atoms with Crippen molar-refractivity contribution in [3.05, 3.63) is 28.5 Å². The smallest absolute Gasteiger partial charge is 0.224 e. The molecule has 1 atom stereocenters. The van der Waals surface area contributed by atoms with E-state index in [1.807, 2.05) is 6.92 Å². The van der Waals surface area contributed by atoms with Crippen LogP contribution in [0.2, 0.25) is 0 Å². The molecule has 0 bridgehead atoms. The van der Waals surface area contributed by atoms with Crippen LogP contribution in [0.5, 0.6) is 0 Å². The summed E-state index contributed by atoms with van der Waals surface area (Å²) in [6.07, 6.45) is 1.08. The number of methoxy groups -OCH3 is 1. The maximum absolute atomic E-state index is 12.8. The number of hydrogen-bond donors (Lipinski definition) is 1. The fourth-order valence-electron chi connectivity index (χ4n) is 1.26. The Hall–Kier alpha value is -0.940. The third-order valence-electron chi connectivity index (χ3n) is 2.39. The first-order valence-electron chi connectivity index (χ1n) is 5.30. The molecule has 1 unspecified atom stereocenters. The van der Waals surface area contributed by atoms with Gasteiger partial charge in [0.25, 0.3) is 0 Å². The molecule has 0 radical (unpaired) electrons. The van der Waals surface area contributed by atoms with Gasteiger partial charge in [-0.15, -0.1) is 0 Å². The van der Waals surface area contributed by atoms with Crippen molar-refractivity contribution < 1.29 is 13.9 Å². The number of carbonyl (C=O) groups is 1. The molecule has 0 saturated heterocycles. The molecule has 0 aliphatic heterocycles. The van der Waals surface area contributed by atoms with Gasteiger partial charge in [0.15, 0.2) is 0 Å². The van der Waals surface area contributed by atoms with Crippen molar-refractivity contribution in [2.24, 2.45) is 0 Å². The van der Waals surface area contributed by atoms with Gasteiger partial charge in [0, 0.05) is 18.0 Å². The Morgan fingerprint density at radius 3 is 2.88 bits per heavy atom. The molecule has 1 amide bonds. The molecule has 0 heterocycles. The van der Waals surface area contributed by atoms with Gasteiger partial charge >= 0.3 is 0 Å². The number of halogens is 2. The Labute approximate surface area is 108 Å². The van der Waals surface area contributed by atoms with Crippen molar-refractivity contribution in [1.29, 1.82) is 0 Å². The molecule has 0 spiro atoms. The second-order valence-corrected chi connectivity index (χ2v) is 4.61.